The fourth-order valence-electron chi connectivity index (χ4n) is 1.07. The van der Waals surface area contributed by atoms with E-state index in [-0.39, 0.29) is 11.5 Å². The molecule has 0 aliphatic carbocycles. The molecule has 7 nitrogen and oxygen atoms in total. The smallest absolute Gasteiger partial charge is 0.411 e. The second kappa shape index (κ2) is 5.62. The zero-order chi connectivity index (χ0) is 12.9. The van der Waals surface area contributed by atoms with Crippen molar-refractivity contribution in [1.82, 2.24) is 4.83 Å². The van der Waals surface area contributed by atoms with Gasteiger partial charge in [0.15, 0.2) is 0 Å². The van der Waals surface area contributed by atoms with Gasteiger partial charge in [-0.2, -0.15) is 4.83 Å². The van der Waals surface area contributed by atoms with E-state index in [1.807, 2.05) is 0 Å². The minimum absolute atomic E-state index is 0.00871. The Morgan fingerprint density at radius 3 is 2.41 bits per heavy atom. The first-order valence-corrected chi connectivity index (χ1v) is 6.24. The van der Waals surface area contributed by atoms with Crippen molar-refractivity contribution in [3.05, 3.63) is 24.3 Å². The van der Waals surface area contributed by atoms with Gasteiger partial charge in [-0.1, -0.05) is 0 Å². The van der Waals surface area contributed by atoms with E-state index in [4.69, 9.17) is 5.84 Å². The summed E-state index contributed by atoms with van der Waals surface area (Å²) < 4.78 is 27.2. The molecule has 1 rings (SSSR count). The molecule has 8 heteroatoms. The molecular weight excluding hydrogens is 246 g/mol. The second-order valence-corrected chi connectivity index (χ2v) is 4.71. The Hall–Kier alpha value is -1.64. The van der Waals surface area contributed by atoms with Crippen molar-refractivity contribution < 1.29 is 17.9 Å². The summed E-state index contributed by atoms with van der Waals surface area (Å²) in [5.41, 5.74) is 0.430. The van der Waals surface area contributed by atoms with Crippen LogP contribution >= 0.6 is 0 Å². The van der Waals surface area contributed by atoms with Crippen molar-refractivity contribution in [2.45, 2.75) is 11.8 Å². The summed E-state index contributed by atoms with van der Waals surface area (Å²) >= 11 is 0. The van der Waals surface area contributed by atoms with Crippen LogP contribution in [0.3, 0.4) is 0 Å². The SMILES string of the molecule is CCOC(=O)Nc1ccc(S(=O)(=O)NN)cc1. The van der Waals surface area contributed by atoms with Crippen LogP contribution < -0.4 is 16.0 Å². The van der Waals surface area contributed by atoms with Crippen LogP contribution in [-0.4, -0.2) is 21.1 Å². The molecule has 17 heavy (non-hydrogen) atoms. The van der Waals surface area contributed by atoms with Crippen molar-refractivity contribution in [2.75, 3.05) is 11.9 Å². The van der Waals surface area contributed by atoms with Gasteiger partial charge in [0, 0.05) is 5.69 Å². The number of hydrazine groups is 1. The highest BCUT2D eigenvalue weighted by molar-refractivity contribution is 7.89. The number of carbonyl (C=O) groups is 1. The lowest BCUT2D eigenvalue weighted by Gasteiger charge is -2.06. The quantitative estimate of drug-likeness (QED) is 0.535. The van der Waals surface area contributed by atoms with E-state index in [1.165, 1.54) is 24.3 Å². The fourth-order valence-corrected chi connectivity index (χ4v) is 1.70. The summed E-state index contributed by atoms with van der Waals surface area (Å²) in [4.78, 5) is 12.8. The molecule has 0 aliphatic rings. The third-order valence-corrected chi connectivity index (χ3v) is 3.04. The molecule has 0 radical (unpaired) electrons. The van der Waals surface area contributed by atoms with Crippen LogP contribution in [0.25, 0.3) is 0 Å². The Kier molecular flexibility index (Phi) is 4.44. The summed E-state index contributed by atoms with van der Waals surface area (Å²) in [7, 11) is -3.67. The lowest BCUT2D eigenvalue weighted by Crippen LogP contribution is -2.30. The molecule has 1 aromatic carbocycles. The van der Waals surface area contributed by atoms with Crippen LogP contribution in [0.1, 0.15) is 6.92 Å². The van der Waals surface area contributed by atoms with E-state index in [0.29, 0.717) is 5.69 Å². The first-order chi connectivity index (χ1) is 7.99. The van der Waals surface area contributed by atoms with Crippen LogP contribution in [0.2, 0.25) is 0 Å². The summed E-state index contributed by atoms with van der Waals surface area (Å²) in [6, 6.07) is 5.50. The summed E-state index contributed by atoms with van der Waals surface area (Å²) in [6.07, 6.45) is -0.597. The molecule has 1 amide bonds. The van der Waals surface area contributed by atoms with Crippen molar-refractivity contribution in [2.24, 2.45) is 5.84 Å². The van der Waals surface area contributed by atoms with Gasteiger partial charge in [-0.05, 0) is 31.2 Å². The van der Waals surface area contributed by atoms with Gasteiger partial charge in [0.25, 0.3) is 10.0 Å². The van der Waals surface area contributed by atoms with Crippen LogP contribution in [0.4, 0.5) is 10.5 Å². The van der Waals surface area contributed by atoms with E-state index in [0.717, 1.165) is 0 Å². The van der Waals surface area contributed by atoms with Crippen molar-refractivity contribution in [3.63, 3.8) is 0 Å². The Bertz CT molecular complexity index is 483. The standard InChI is InChI=1S/C9H13N3O4S/c1-2-16-9(13)11-7-3-5-8(6-4-7)17(14,15)12-10/h3-6,12H,2,10H2,1H3,(H,11,13). The highest BCUT2D eigenvalue weighted by Crippen LogP contribution is 2.13. The lowest BCUT2D eigenvalue weighted by atomic mass is 10.3. The number of sulfonamides is 1. The zero-order valence-electron chi connectivity index (χ0n) is 9.14. The number of nitrogens with one attached hydrogen (secondary N) is 2. The van der Waals surface area contributed by atoms with Crippen molar-refractivity contribution >= 4 is 21.8 Å². The third kappa shape index (κ3) is 3.70. The third-order valence-electron chi connectivity index (χ3n) is 1.84. The monoisotopic (exact) mass is 259 g/mol. The van der Waals surface area contributed by atoms with Gasteiger partial charge < -0.3 is 4.74 Å². The van der Waals surface area contributed by atoms with Gasteiger partial charge in [-0.15, -0.1) is 0 Å². The molecule has 0 saturated carbocycles. The van der Waals surface area contributed by atoms with E-state index < -0.39 is 16.1 Å². The summed E-state index contributed by atoms with van der Waals surface area (Å²) in [5, 5.41) is 2.43. The Labute approximate surface area is 99.0 Å². The molecular formula is C9H13N3O4S. The molecule has 0 fully saturated rings. The number of hydrogen-bond acceptors (Lipinski definition) is 5. The summed E-state index contributed by atoms with van der Waals surface area (Å²) in [6.45, 7) is 1.94. The van der Waals surface area contributed by atoms with Crippen molar-refractivity contribution in [3.8, 4) is 0 Å². The largest absolute Gasteiger partial charge is 0.450 e. The Morgan fingerprint density at radius 2 is 1.94 bits per heavy atom. The van der Waals surface area contributed by atoms with E-state index >= 15 is 0 Å². The fraction of sp³-hybridized carbons (Fsp3) is 0.222. The number of rotatable bonds is 4. The Balaban J connectivity index is 2.79. The van der Waals surface area contributed by atoms with Gasteiger partial charge in [0.05, 0.1) is 11.5 Å². The number of nitrogens with two attached hydrogens (primary N) is 1. The molecule has 0 unspecified atom stereocenters. The van der Waals surface area contributed by atoms with Gasteiger partial charge in [0.2, 0.25) is 0 Å². The normalized spacial score (nSPS) is 10.9. The minimum Gasteiger partial charge on any atom is -0.450 e. The first kappa shape index (κ1) is 13.4. The molecule has 0 aromatic heterocycles. The second-order valence-electron chi connectivity index (χ2n) is 2.99. The van der Waals surface area contributed by atoms with Crippen LogP contribution in [-0.2, 0) is 14.8 Å². The number of ether oxygens (including phenoxy) is 1. The maximum Gasteiger partial charge on any atom is 0.411 e. The van der Waals surface area contributed by atoms with Gasteiger partial charge in [-0.25, -0.2) is 13.2 Å². The average Bonchev–Trinajstić information content (AvgIpc) is 2.30. The van der Waals surface area contributed by atoms with Gasteiger partial charge >= 0.3 is 6.09 Å². The number of carbonyl (C=O) groups excluding carboxylic acids is 1. The van der Waals surface area contributed by atoms with E-state index in [2.05, 4.69) is 10.1 Å². The van der Waals surface area contributed by atoms with Crippen LogP contribution in [0.5, 0.6) is 0 Å². The number of benzene rings is 1. The zero-order valence-corrected chi connectivity index (χ0v) is 9.95. The number of amides is 1. The molecule has 0 aliphatic heterocycles. The molecule has 94 valence electrons. The van der Waals surface area contributed by atoms with Crippen molar-refractivity contribution in [1.29, 1.82) is 0 Å². The van der Waals surface area contributed by atoms with Crippen LogP contribution in [0.15, 0.2) is 29.2 Å². The average molecular weight is 259 g/mol. The molecule has 1 aromatic rings. The number of hydrogen-bond donors (Lipinski definition) is 3. The predicted molar refractivity (Wildman–Crippen MR) is 61.6 cm³/mol. The lowest BCUT2D eigenvalue weighted by molar-refractivity contribution is 0.168. The van der Waals surface area contributed by atoms with E-state index in [1.54, 1.807) is 11.8 Å². The molecule has 0 saturated heterocycles. The highest BCUT2D eigenvalue weighted by Gasteiger charge is 2.11. The Morgan fingerprint density at radius 1 is 1.35 bits per heavy atom. The van der Waals surface area contributed by atoms with Gasteiger partial charge in [-0.3, -0.25) is 11.2 Å². The number of anilines is 1. The van der Waals surface area contributed by atoms with Gasteiger partial charge in [0.1, 0.15) is 0 Å². The molecule has 0 bridgehead atoms. The molecule has 0 atom stereocenters. The summed E-state index contributed by atoms with van der Waals surface area (Å²) in [5.74, 6) is 4.87. The highest BCUT2D eigenvalue weighted by atomic mass is 32.2. The molecule has 0 spiro atoms. The first-order valence-electron chi connectivity index (χ1n) is 4.76. The van der Waals surface area contributed by atoms with E-state index in [9.17, 15) is 13.2 Å². The molecule has 4 N–H and O–H groups in total. The minimum atomic E-state index is -3.67. The predicted octanol–water partition coefficient (Wildman–Crippen LogP) is 0.407. The maximum absolute atomic E-state index is 11.3. The van der Waals surface area contributed by atoms with Crippen LogP contribution in [0, 0.1) is 0 Å². The maximum atomic E-state index is 11.3. The topological polar surface area (TPSA) is 111 Å². The molecule has 0 heterocycles.